The number of esters is 1. The summed E-state index contributed by atoms with van der Waals surface area (Å²) in [6.07, 6.45) is 2.27. The van der Waals surface area contributed by atoms with Gasteiger partial charge in [0.05, 0.1) is 12.6 Å². The number of carbonyl (C=O) groups excluding carboxylic acids is 2. The average molecular weight is 353 g/mol. The van der Waals surface area contributed by atoms with Gasteiger partial charge in [-0.05, 0) is 56.5 Å². The van der Waals surface area contributed by atoms with E-state index in [1.54, 1.807) is 6.92 Å². The Hall–Kier alpha value is -1.59. The van der Waals surface area contributed by atoms with Crippen LogP contribution in [0.3, 0.4) is 0 Å². The Morgan fingerprint density at radius 3 is 2.50 bits per heavy atom. The number of hydrogen-bond acceptors (Lipinski definition) is 4. The normalized spacial score (nSPS) is 17.3. The second-order valence-corrected chi connectivity index (χ2v) is 6.65. The molecule has 0 bridgehead atoms. The highest BCUT2D eigenvalue weighted by atomic mass is 35.5. The van der Waals surface area contributed by atoms with Crippen LogP contribution in [0.15, 0.2) is 24.3 Å². The molecule has 1 amide bonds. The fourth-order valence-electron chi connectivity index (χ4n) is 2.94. The summed E-state index contributed by atoms with van der Waals surface area (Å²) in [4.78, 5) is 25.7. The Morgan fingerprint density at radius 1 is 1.29 bits per heavy atom. The molecular formula is C18H25ClN2O3. The van der Waals surface area contributed by atoms with E-state index in [0.717, 1.165) is 37.4 Å². The fraction of sp³-hybridized carbons (Fsp3) is 0.556. The minimum absolute atomic E-state index is 0.0214. The maximum Gasteiger partial charge on any atom is 0.396 e. The van der Waals surface area contributed by atoms with E-state index < -0.39 is 11.9 Å². The van der Waals surface area contributed by atoms with Crippen molar-refractivity contribution in [1.29, 1.82) is 0 Å². The minimum atomic E-state index is -0.834. The third kappa shape index (κ3) is 5.21. The molecule has 0 aliphatic carbocycles. The van der Waals surface area contributed by atoms with Gasteiger partial charge in [-0.25, -0.2) is 4.79 Å². The van der Waals surface area contributed by atoms with Crippen LogP contribution in [0.4, 0.5) is 0 Å². The number of benzene rings is 1. The zero-order chi connectivity index (χ0) is 17.5. The predicted molar refractivity (Wildman–Crippen MR) is 93.8 cm³/mol. The molecule has 1 fully saturated rings. The van der Waals surface area contributed by atoms with Crippen molar-refractivity contribution in [3.8, 4) is 0 Å². The molecular weight excluding hydrogens is 328 g/mol. The van der Waals surface area contributed by atoms with Crippen LogP contribution < -0.4 is 5.32 Å². The van der Waals surface area contributed by atoms with Crippen LogP contribution in [-0.4, -0.2) is 43.0 Å². The highest BCUT2D eigenvalue weighted by molar-refractivity contribution is 6.32. The largest absolute Gasteiger partial charge is 0.459 e. The van der Waals surface area contributed by atoms with E-state index in [2.05, 4.69) is 17.1 Å². The summed E-state index contributed by atoms with van der Waals surface area (Å²) in [5.74, 6) is -0.804. The number of nitrogens with zero attached hydrogens (tertiary/aromatic N) is 1. The van der Waals surface area contributed by atoms with Crippen LogP contribution in [0, 0.1) is 5.92 Å². The lowest BCUT2D eigenvalue weighted by Gasteiger charge is -2.37. The zero-order valence-electron chi connectivity index (χ0n) is 14.3. The standard InChI is InChI=1S/C18H25ClN2O3/c1-3-24-18(23)17(22)20-12-16(14-4-6-15(19)7-5-14)21-10-8-13(2)9-11-21/h4-7,13,16H,3,8-12H2,1-2H3,(H,20,22). The van der Waals surface area contributed by atoms with Crippen LogP contribution in [0.5, 0.6) is 0 Å². The summed E-state index contributed by atoms with van der Waals surface area (Å²) < 4.78 is 4.73. The minimum Gasteiger partial charge on any atom is -0.459 e. The van der Waals surface area contributed by atoms with Crippen molar-refractivity contribution in [2.45, 2.75) is 32.7 Å². The average Bonchev–Trinajstić information content (AvgIpc) is 2.58. The van der Waals surface area contributed by atoms with Gasteiger partial charge in [-0.1, -0.05) is 30.7 Å². The highest BCUT2D eigenvalue weighted by Crippen LogP contribution is 2.27. The van der Waals surface area contributed by atoms with Crippen LogP contribution in [0.25, 0.3) is 0 Å². The Morgan fingerprint density at radius 2 is 1.92 bits per heavy atom. The third-order valence-electron chi connectivity index (χ3n) is 4.43. The van der Waals surface area contributed by atoms with Crippen LogP contribution in [0.1, 0.15) is 38.3 Å². The fourth-order valence-corrected chi connectivity index (χ4v) is 3.07. The number of carbonyl (C=O) groups is 2. The second kappa shape index (κ2) is 9.04. The third-order valence-corrected chi connectivity index (χ3v) is 4.68. The molecule has 6 heteroatoms. The predicted octanol–water partition coefficient (Wildman–Crippen LogP) is 2.79. The number of ether oxygens (including phenoxy) is 1. The lowest BCUT2D eigenvalue weighted by molar-refractivity contribution is -0.154. The Kier molecular flexibility index (Phi) is 7.06. The number of likely N-dealkylation sites (tertiary alicyclic amines) is 1. The van der Waals surface area contributed by atoms with Gasteiger partial charge in [0.1, 0.15) is 0 Å². The molecule has 1 N–H and O–H groups in total. The smallest absolute Gasteiger partial charge is 0.396 e. The Bertz CT molecular complexity index is 554. The molecule has 24 heavy (non-hydrogen) atoms. The van der Waals surface area contributed by atoms with Gasteiger partial charge in [0.25, 0.3) is 0 Å². The molecule has 1 aliphatic heterocycles. The first-order chi connectivity index (χ1) is 11.5. The van der Waals surface area contributed by atoms with E-state index in [0.29, 0.717) is 11.6 Å². The summed E-state index contributed by atoms with van der Waals surface area (Å²) in [6.45, 7) is 6.45. The molecule has 2 rings (SSSR count). The lowest BCUT2D eigenvalue weighted by Crippen LogP contribution is -2.43. The molecule has 0 saturated carbocycles. The summed E-state index contributed by atoms with van der Waals surface area (Å²) in [5, 5.41) is 3.38. The molecule has 0 aromatic heterocycles. The van der Waals surface area contributed by atoms with Gasteiger partial charge in [0, 0.05) is 11.6 Å². The van der Waals surface area contributed by atoms with Crippen molar-refractivity contribution >= 4 is 23.5 Å². The van der Waals surface area contributed by atoms with Gasteiger partial charge in [0.2, 0.25) is 0 Å². The van der Waals surface area contributed by atoms with E-state index in [9.17, 15) is 9.59 Å². The molecule has 1 aliphatic rings. The Balaban J connectivity index is 2.06. The van der Waals surface area contributed by atoms with Crippen molar-refractivity contribution < 1.29 is 14.3 Å². The number of piperidine rings is 1. The number of hydrogen-bond donors (Lipinski definition) is 1. The topological polar surface area (TPSA) is 58.6 Å². The van der Waals surface area contributed by atoms with E-state index in [1.807, 2.05) is 24.3 Å². The lowest BCUT2D eigenvalue weighted by atomic mass is 9.95. The van der Waals surface area contributed by atoms with Crippen molar-refractivity contribution in [2.24, 2.45) is 5.92 Å². The molecule has 1 unspecified atom stereocenters. The highest BCUT2D eigenvalue weighted by Gasteiger charge is 2.26. The monoisotopic (exact) mass is 352 g/mol. The van der Waals surface area contributed by atoms with Gasteiger partial charge in [-0.3, -0.25) is 9.69 Å². The first-order valence-corrected chi connectivity index (χ1v) is 8.83. The number of amides is 1. The molecule has 1 atom stereocenters. The SMILES string of the molecule is CCOC(=O)C(=O)NCC(c1ccc(Cl)cc1)N1CCC(C)CC1. The van der Waals surface area contributed by atoms with Gasteiger partial charge in [-0.2, -0.15) is 0 Å². The molecule has 0 radical (unpaired) electrons. The second-order valence-electron chi connectivity index (χ2n) is 6.22. The summed E-state index contributed by atoms with van der Waals surface area (Å²) in [5.41, 5.74) is 1.08. The van der Waals surface area contributed by atoms with Crippen molar-refractivity contribution in [2.75, 3.05) is 26.2 Å². The molecule has 1 aromatic carbocycles. The van der Waals surface area contributed by atoms with Crippen molar-refractivity contribution in [3.63, 3.8) is 0 Å². The number of halogens is 1. The molecule has 1 aromatic rings. The summed E-state index contributed by atoms with van der Waals surface area (Å²) in [7, 11) is 0. The first-order valence-electron chi connectivity index (χ1n) is 8.45. The van der Waals surface area contributed by atoms with Crippen LogP contribution >= 0.6 is 11.6 Å². The Labute approximate surface area is 148 Å². The molecule has 1 saturated heterocycles. The maximum absolute atomic E-state index is 11.8. The van der Waals surface area contributed by atoms with Crippen LogP contribution in [0.2, 0.25) is 5.02 Å². The molecule has 5 nitrogen and oxygen atoms in total. The van der Waals surface area contributed by atoms with Gasteiger partial charge in [0.15, 0.2) is 0 Å². The zero-order valence-corrected chi connectivity index (χ0v) is 15.0. The van der Waals surface area contributed by atoms with E-state index >= 15 is 0 Å². The van der Waals surface area contributed by atoms with Gasteiger partial charge in [-0.15, -0.1) is 0 Å². The van der Waals surface area contributed by atoms with E-state index in [-0.39, 0.29) is 12.6 Å². The maximum atomic E-state index is 11.8. The number of rotatable bonds is 5. The first kappa shape index (κ1) is 18.7. The van der Waals surface area contributed by atoms with Gasteiger partial charge < -0.3 is 10.1 Å². The van der Waals surface area contributed by atoms with Crippen molar-refractivity contribution in [1.82, 2.24) is 10.2 Å². The quantitative estimate of drug-likeness (QED) is 0.654. The van der Waals surface area contributed by atoms with E-state index in [1.165, 1.54) is 0 Å². The van der Waals surface area contributed by atoms with E-state index in [4.69, 9.17) is 16.3 Å². The van der Waals surface area contributed by atoms with Crippen molar-refractivity contribution in [3.05, 3.63) is 34.9 Å². The summed E-state index contributed by atoms with van der Waals surface area (Å²) >= 11 is 5.98. The molecule has 1 heterocycles. The number of nitrogens with one attached hydrogen (secondary N) is 1. The van der Waals surface area contributed by atoms with Gasteiger partial charge >= 0.3 is 11.9 Å². The summed E-state index contributed by atoms with van der Waals surface area (Å²) in [6, 6.07) is 7.67. The van der Waals surface area contributed by atoms with Crippen LogP contribution in [-0.2, 0) is 14.3 Å². The molecule has 0 spiro atoms. The molecule has 132 valence electrons.